The lowest BCUT2D eigenvalue weighted by Crippen LogP contribution is -3.00. The van der Waals surface area contributed by atoms with Gasteiger partial charge in [-0.2, -0.15) is 0 Å². The average Bonchev–Trinajstić information content (AvgIpc) is 2.69. The van der Waals surface area contributed by atoms with Crippen LogP contribution in [0.5, 0.6) is 5.75 Å². The Morgan fingerprint density at radius 3 is 2.55 bits per heavy atom. The molecular formula is C17H20INO. The Hall–Kier alpha value is -1.10. The molecule has 0 saturated heterocycles. The van der Waals surface area contributed by atoms with Crippen LogP contribution >= 0.6 is 0 Å². The van der Waals surface area contributed by atoms with Crippen molar-refractivity contribution in [1.82, 2.24) is 0 Å². The number of benzene rings is 2. The highest BCUT2D eigenvalue weighted by molar-refractivity contribution is 6.01. The van der Waals surface area contributed by atoms with Crippen molar-refractivity contribution in [2.75, 3.05) is 7.11 Å². The molecule has 2 aromatic rings. The van der Waals surface area contributed by atoms with Crippen molar-refractivity contribution in [2.24, 2.45) is 0 Å². The molecule has 0 amide bonds. The summed E-state index contributed by atoms with van der Waals surface area (Å²) in [6.07, 6.45) is 1.05. The molecule has 106 valence electrons. The highest BCUT2D eigenvalue weighted by atomic mass is 127. The molecule has 0 aliphatic carbocycles. The molecule has 2 aromatic carbocycles. The van der Waals surface area contributed by atoms with Crippen LogP contribution in [-0.4, -0.2) is 12.8 Å². The van der Waals surface area contributed by atoms with Crippen molar-refractivity contribution < 1.29 is 33.7 Å². The molecule has 2 nitrogen and oxygen atoms in total. The first-order valence-electron chi connectivity index (χ1n) is 6.82. The van der Waals surface area contributed by atoms with Gasteiger partial charge in [0.15, 0.2) is 5.71 Å². The highest BCUT2D eigenvalue weighted by Crippen LogP contribution is 2.38. The van der Waals surface area contributed by atoms with Gasteiger partial charge in [-0.05, 0) is 42.8 Å². The average molecular weight is 381 g/mol. The topological polar surface area (TPSA) is 23.2 Å². The molecule has 0 spiro atoms. The zero-order valence-corrected chi connectivity index (χ0v) is 14.5. The van der Waals surface area contributed by atoms with Crippen LogP contribution in [-0.2, 0) is 5.41 Å². The van der Waals surface area contributed by atoms with E-state index >= 15 is 0 Å². The minimum atomic E-state index is 0. The van der Waals surface area contributed by atoms with E-state index in [2.05, 4.69) is 50.0 Å². The van der Waals surface area contributed by atoms with Crippen LogP contribution in [0, 0.1) is 0 Å². The largest absolute Gasteiger partial charge is 1.00 e. The van der Waals surface area contributed by atoms with Crippen LogP contribution in [0.4, 0.5) is 5.69 Å². The fourth-order valence-corrected chi connectivity index (χ4v) is 3.21. The Morgan fingerprint density at radius 1 is 1.15 bits per heavy atom. The number of methoxy groups -OCH3 is 1. The van der Waals surface area contributed by atoms with Gasteiger partial charge in [-0.1, -0.05) is 13.0 Å². The maximum Gasteiger partial charge on any atom is 0.208 e. The molecule has 0 bridgehead atoms. The summed E-state index contributed by atoms with van der Waals surface area (Å²) in [6.45, 7) is 6.81. The first kappa shape index (κ1) is 15.3. The predicted octanol–water partition coefficient (Wildman–Crippen LogP) is -0.293. The zero-order valence-electron chi connectivity index (χ0n) is 12.4. The normalized spacial score (nSPS) is 15.5. The van der Waals surface area contributed by atoms with Crippen molar-refractivity contribution >= 4 is 22.2 Å². The minimum Gasteiger partial charge on any atom is -1.00 e. The molecule has 3 rings (SSSR count). The molecule has 0 saturated carbocycles. The van der Waals surface area contributed by atoms with Gasteiger partial charge in [0.1, 0.15) is 5.75 Å². The lowest BCUT2D eigenvalue weighted by atomic mass is 9.78. The summed E-state index contributed by atoms with van der Waals surface area (Å²) in [5.74, 6) is 0.913. The summed E-state index contributed by atoms with van der Waals surface area (Å²) in [5, 5.41) is 2.56. The number of nitrogens with one attached hydrogen (secondary N) is 1. The Morgan fingerprint density at radius 2 is 1.90 bits per heavy atom. The SMILES string of the molecule is CCC1=[NH+]c2ccc3cc(OC)ccc3c2C1(C)C.[I-]. The number of ether oxygens (including phenoxy) is 1. The van der Waals surface area contributed by atoms with Gasteiger partial charge >= 0.3 is 0 Å². The van der Waals surface area contributed by atoms with Gasteiger partial charge in [0, 0.05) is 18.1 Å². The van der Waals surface area contributed by atoms with E-state index in [4.69, 9.17) is 4.74 Å². The summed E-state index contributed by atoms with van der Waals surface area (Å²) in [6, 6.07) is 10.7. The van der Waals surface area contributed by atoms with Crippen LogP contribution < -0.4 is 33.7 Å². The summed E-state index contributed by atoms with van der Waals surface area (Å²) in [5.41, 5.74) is 4.13. The minimum absolute atomic E-state index is 0. The quantitative estimate of drug-likeness (QED) is 0.710. The summed E-state index contributed by atoms with van der Waals surface area (Å²) in [7, 11) is 1.71. The van der Waals surface area contributed by atoms with E-state index in [1.54, 1.807) is 7.11 Å². The van der Waals surface area contributed by atoms with Crippen molar-refractivity contribution in [3.8, 4) is 5.75 Å². The number of fused-ring (bicyclic) bond motifs is 3. The summed E-state index contributed by atoms with van der Waals surface area (Å²) in [4.78, 5) is 3.58. The Kier molecular flexibility index (Phi) is 4.09. The maximum atomic E-state index is 5.32. The van der Waals surface area contributed by atoms with E-state index in [-0.39, 0.29) is 29.4 Å². The molecule has 1 N–H and O–H groups in total. The van der Waals surface area contributed by atoms with Crippen LogP contribution in [0.2, 0.25) is 0 Å². The molecule has 3 heteroatoms. The van der Waals surface area contributed by atoms with E-state index in [0.717, 1.165) is 12.2 Å². The highest BCUT2D eigenvalue weighted by Gasteiger charge is 2.41. The van der Waals surface area contributed by atoms with Gasteiger partial charge in [0.05, 0.1) is 12.5 Å². The fraction of sp³-hybridized carbons (Fsp3) is 0.353. The van der Waals surface area contributed by atoms with Crippen LogP contribution in [0.1, 0.15) is 32.8 Å². The van der Waals surface area contributed by atoms with Crippen molar-refractivity contribution in [1.29, 1.82) is 0 Å². The van der Waals surface area contributed by atoms with Gasteiger partial charge in [-0.3, -0.25) is 0 Å². The molecule has 0 unspecified atom stereocenters. The molecule has 0 aromatic heterocycles. The third-order valence-corrected chi connectivity index (χ3v) is 4.25. The second-order valence-electron chi connectivity index (χ2n) is 5.66. The molecule has 0 fully saturated rings. The van der Waals surface area contributed by atoms with E-state index < -0.39 is 0 Å². The van der Waals surface area contributed by atoms with Crippen molar-refractivity contribution in [3.05, 3.63) is 35.9 Å². The molecule has 1 aliphatic rings. The van der Waals surface area contributed by atoms with E-state index in [0.29, 0.717) is 0 Å². The molecule has 0 radical (unpaired) electrons. The van der Waals surface area contributed by atoms with Gasteiger partial charge in [-0.25, -0.2) is 4.99 Å². The lowest BCUT2D eigenvalue weighted by Gasteiger charge is -2.18. The van der Waals surface area contributed by atoms with E-state index in [1.807, 2.05) is 6.07 Å². The van der Waals surface area contributed by atoms with Gasteiger partial charge < -0.3 is 28.7 Å². The molecule has 1 heterocycles. The second-order valence-corrected chi connectivity index (χ2v) is 5.66. The van der Waals surface area contributed by atoms with E-state index in [9.17, 15) is 0 Å². The van der Waals surface area contributed by atoms with Crippen LogP contribution in [0.25, 0.3) is 10.8 Å². The molecule has 1 aliphatic heterocycles. The molecule has 20 heavy (non-hydrogen) atoms. The third-order valence-electron chi connectivity index (χ3n) is 4.25. The van der Waals surface area contributed by atoms with Gasteiger partial charge in [0.2, 0.25) is 5.69 Å². The Labute approximate surface area is 137 Å². The first-order valence-corrected chi connectivity index (χ1v) is 6.82. The number of hydrogen-bond acceptors (Lipinski definition) is 1. The number of hydrogen-bond donors (Lipinski definition) is 1. The predicted molar refractivity (Wildman–Crippen MR) is 79.4 cm³/mol. The van der Waals surface area contributed by atoms with Crippen molar-refractivity contribution in [3.63, 3.8) is 0 Å². The maximum absolute atomic E-state index is 5.32. The van der Waals surface area contributed by atoms with E-state index in [1.165, 1.54) is 27.7 Å². The molecule has 0 atom stereocenters. The van der Waals surface area contributed by atoms with Crippen LogP contribution in [0.3, 0.4) is 0 Å². The smallest absolute Gasteiger partial charge is 0.208 e. The third kappa shape index (κ3) is 2.12. The number of rotatable bonds is 2. The Bertz CT molecular complexity index is 689. The second kappa shape index (κ2) is 5.35. The standard InChI is InChI=1S/C17H19NO.HI/c1-5-15-17(2,3)16-13-8-7-12(19-4)10-11(13)6-9-14(16)18-15;/h6-10H,5H2,1-4H3;1H. The Balaban J connectivity index is 0.00000147. The molecular weight excluding hydrogens is 361 g/mol. The zero-order chi connectivity index (χ0) is 13.6. The van der Waals surface area contributed by atoms with Gasteiger partial charge in [0.25, 0.3) is 0 Å². The van der Waals surface area contributed by atoms with Crippen LogP contribution in [0.15, 0.2) is 30.3 Å². The summed E-state index contributed by atoms with van der Waals surface area (Å²) >= 11 is 0. The first-order chi connectivity index (χ1) is 9.07. The monoisotopic (exact) mass is 381 g/mol. The van der Waals surface area contributed by atoms with Crippen molar-refractivity contribution in [2.45, 2.75) is 32.6 Å². The fourth-order valence-electron chi connectivity index (χ4n) is 3.21. The lowest BCUT2D eigenvalue weighted by molar-refractivity contribution is -0.352. The van der Waals surface area contributed by atoms with Gasteiger partial charge in [-0.15, -0.1) is 0 Å². The summed E-state index contributed by atoms with van der Waals surface area (Å²) < 4.78 is 5.32. The number of halogens is 1.